The van der Waals surface area contributed by atoms with Crippen LogP contribution in [-0.2, 0) is 6.42 Å². The van der Waals surface area contributed by atoms with Crippen LogP contribution >= 0.6 is 0 Å². The number of ketones is 1. The van der Waals surface area contributed by atoms with Crippen LogP contribution in [0.2, 0.25) is 0 Å². The van der Waals surface area contributed by atoms with Crippen LogP contribution in [0.25, 0.3) is 0 Å². The van der Waals surface area contributed by atoms with Gasteiger partial charge in [0.2, 0.25) is 0 Å². The molecule has 0 saturated heterocycles. The number of aryl methyl sites for hydroxylation is 1. The zero-order valence-corrected chi connectivity index (χ0v) is 74.2. The fourth-order valence-electron chi connectivity index (χ4n) is 9.26. The highest BCUT2D eigenvalue weighted by Crippen LogP contribution is 2.19. The molecule has 116 heavy (non-hydrogen) atoms. The first-order valence-electron chi connectivity index (χ1n) is 40.3. The molecule has 20 nitrogen and oxygen atoms in total. The van der Waals surface area contributed by atoms with Gasteiger partial charge >= 0.3 is 0 Å². The predicted molar refractivity (Wildman–Crippen MR) is 474 cm³/mol. The van der Waals surface area contributed by atoms with Crippen molar-refractivity contribution in [3.05, 3.63) is 352 Å². The summed E-state index contributed by atoms with van der Waals surface area (Å²) in [6.07, 6.45) is 35.2. The maximum absolute atomic E-state index is 11.0. The monoisotopic (exact) mass is 1580 g/mol. The minimum atomic E-state index is 0.0255. The summed E-state index contributed by atoms with van der Waals surface area (Å²) in [4.78, 5) is 47.0. The van der Waals surface area contributed by atoms with Gasteiger partial charge in [-0.15, -0.1) is 0 Å². The molecule has 12 heterocycles. The molecular formula is C96H134N16O4. The van der Waals surface area contributed by atoms with Gasteiger partial charge in [-0.1, -0.05) is 191 Å². The Morgan fingerprint density at radius 3 is 1.19 bits per heavy atom. The van der Waals surface area contributed by atoms with Gasteiger partial charge in [0, 0.05) is 140 Å². The van der Waals surface area contributed by atoms with E-state index in [0.29, 0.717) is 76.7 Å². The van der Waals surface area contributed by atoms with Crippen molar-refractivity contribution in [1.82, 2.24) is 65.3 Å². The van der Waals surface area contributed by atoms with E-state index in [4.69, 9.17) is 0 Å². The largest absolute Gasteiger partial charge is 0.619 e. The van der Waals surface area contributed by atoms with Crippen molar-refractivity contribution in [3.8, 4) is 0 Å². The van der Waals surface area contributed by atoms with E-state index < -0.39 is 0 Å². The van der Waals surface area contributed by atoms with Crippen LogP contribution in [0.1, 0.15) is 334 Å². The molecule has 0 aliphatic heterocycles. The van der Waals surface area contributed by atoms with E-state index in [1.165, 1.54) is 70.8 Å². The topological polar surface area (TPSA) is 265 Å². The minimum absolute atomic E-state index is 0.0255. The number of aromatic nitrogens is 16. The second-order valence-corrected chi connectivity index (χ2v) is 30.7. The number of carbonyl (C=O) groups is 1. The van der Waals surface area contributed by atoms with Gasteiger partial charge in [0.1, 0.15) is 18.3 Å². The summed E-state index contributed by atoms with van der Waals surface area (Å²) in [5, 5.41) is 47.4. The van der Waals surface area contributed by atoms with Gasteiger partial charge < -0.3 is 15.6 Å². The lowest BCUT2D eigenvalue weighted by molar-refractivity contribution is -0.615. The third-order valence-corrected chi connectivity index (χ3v) is 17.0. The molecule has 0 radical (unpaired) electrons. The second kappa shape index (κ2) is 60.2. The van der Waals surface area contributed by atoms with Crippen molar-refractivity contribution in [1.29, 1.82) is 0 Å². The standard InChI is InChI=1S/C10H13NO.C10H15N.3C8H11NO.3C8H11N.4C7H10N2/c1-7(2)9-4-5-11-10(6-9)8(3)12;1-4-10-7-9(8(2)3)5-6-11-10;1-7(2)8-3-5-9(10)6-4-8;1-7(2)8-4-3-5-9(10)6-8;1-7(2)8-5-3-4-6-9(8)10;1-7(2)8-3-5-9-6-4-8;1-7(2)8-4-3-5-9-6-8;1-7(2)8-5-3-4-6-9-8;1-6(2)7-3-8-5-9-4-7;1-6(2)7-3-4-8-5-9-7;1-6(2)7-3-4-8-9-5-7;1-6(2)7-4-3-5-8-9-7/h4-7H,1-3H3;5-8H,4H2,1-3H3;3*3-7H,1-2H3;3*3-7H,1-2H3;4*3-6H,1-2H3. The van der Waals surface area contributed by atoms with Gasteiger partial charge in [-0.05, 0) is 195 Å². The molecule has 0 aliphatic carbocycles. The predicted octanol–water partition coefficient (Wildman–Crippen LogP) is 22.5. The Hall–Kier alpha value is -11.4. The quantitative estimate of drug-likeness (QED) is 0.0556. The summed E-state index contributed by atoms with van der Waals surface area (Å²) in [6.45, 7) is 54.5. The lowest BCUT2D eigenvalue weighted by Gasteiger charge is -2.05. The highest BCUT2D eigenvalue weighted by atomic mass is 16.5. The first-order chi connectivity index (χ1) is 55.1. The summed E-state index contributed by atoms with van der Waals surface area (Å²) in [7, 11) is 0. The molecule has 12 aromatic heterocycles. The molecular weight excluding hydrogens is 1440 g/mol. The highest BCUT2D eigenvalue weighted by Gasteiger charge is 2.09. The lowest BCUT2D eigenvalue weighted by atomic mass is 10.0. The Morgan fingerprint density at radius 2 is 0.810 bits per heavy atom. The average Bonchev–Trinajstić information content (AvgIpc) is 0.885. The van der Waals surface area contributed by atoms with E-state index in [9.17, 15) is 20.4 Å². The van der Waals surface area contributed by atoms with E-state index in [1.807, 2.05) is 160 Å². The Bertz CT molecular complexity index is 3950. The van der Waals surface area contributed by atoms with E-state index in [1.54, 1.807) is 68.2 Å². The van der Waals surface area contributed by atoms with Gasteiger partial charge in [0.05, 0.1) is 11.9 Å². The molecule has 0 spiro atoms. The van der Waals surface area contributed by atoms with E-state index >= 15 is 0 Å². The van der Waals surface area contributed by atoms with Gasteiger partial charge in [0.25, 0.3) is 0 Å². The third-order valence-electron chi connectivity index (χ3n) is 17.0. The van der Waals surface area contributed by atoms with E-state index in [2.05, 4.69) is 243 Å². The average molecular weight is 1580 g/mol. The maximum atomic E-state index is 11.0. The fraction of sp³-hybridized carbons (Fsp3) is 0.406. The molecule has 0 aliphatic rings. The van der Waals surface area contributed by atoms with Gasteiger partial charge in [-0.25, -0.2) is 19.9 Å². The van der Waals surface area contributed by atoms with Crippen molar-refractivity contribution in [3.63, 3.8) is 0 Å². The number of pyridine rings is 8. The molecule has 0 bridgehead atoms. The van der Waals surface area contributed by atoms with Crippen LogP contribution in [0.15, 0.2) is 258 Å². The van der Waals surface area contributed by atoms with Crippen molar-refractivity contribution in [2.24, 2.45) is 0 Å². The summed E-state index contributed by atoms with van der Waals surface area (Å²) in [6, 6.07) is 42.9. The zero-order chi connectivity index (χ0) is 86.9. The summed E-state index contributed by atoms with van der Waals surface area (Å²) in [5.41, 5.74) is 15.8. The third kappa shape index (κ3) is 47.3. The van der Waals surface area contributed by atoms with Crippen LogP contribution in [0.5, 0.6) is 0 Å². The van der Waals surface area contributed by atoms with Crippen LogP contribution < -0.4 is 14.2 Å². The second-order valence-electron chi connectivity index (χ2n) is 30.7. The SMILES string of the molecule is CC(=O)c1cc(C(C)C)ccn1.CC(C)c1cc[n+]([O-])cc1.CC(C)c1ccc[n+]([O-])c1.CC(C)c1cccc[n+]1[O-].CC(C)c1ccccn1.CC(C)c1cccnc1.CC(C)c1cccnn1.CC(C)c1ccncc1.CC(C)c1ccncn1.CC(C)c1ccnnc1.CC(C)c1cncnc1.CCc1cc(C(C)C)ccn1. The van der Waals surface area contributed by atoms with Gasteiger partial charge in [-0.3, -0.25) is 29.7 Å². The van der Waals surface area contributed by atoms with Crippen LogP contribution in [0.4, 0.5) is 0 Å². The van der Waals surface area contributed by atoms with E-state index in [0.717, 1.165) is 54.5 Å². The Balaban J connectivity index is 0.000000633. The summed E-state index contributed by atoms with van der Waals surface area (Å²) in [5.74, 6) is 6.17. The Labute approximate surface area is 695 Å². The van der Waals surface area contributed by atoms with Crippen molar-refractivity contribution >= 4 is 5.78 Å². The molecule has 12 aromatic rings. The molecule has 0 fully saturated rings. The normalized spacial score (nSPS) is 10.2. The first-order valence-corrected chi connectivity index (χ1v) is 40.3. The Morgan fingerprint density at radius 1 is 0.319 bits per heavy atom. The molecule has 0 atom stereocenters. The van der Waals surface area contributed by atoms with Gasteiger partial charge in [-0.2, -0.15) is 34.6 Å². The van der Waals surface area contributed by atoms with Crippen molar-refractivity contribution in [2.45, 2.75) is 257 Å². The maximum Gasteiger partial charge on any atom is 0.195 e. The van der Waals surface area contributed by atoms with E-state index in [-0.39, 0.29) is 5.78 Å². The van der Waals surface area contributed by atoms with Crippen LogP contribution in [0.3, 0.4) is 0 Å². The number of hydrogen-bond acceptors (Lipinski definition) is 17. The van der Waals surface area contributed by atoms with Gasteiger partial charge in [0.15, 0.2) is 42.5 Å². The minimum Gasteiger partial charge on any atom is -0.619 e. The fourth-order valence-corrected chi connectivity index (χ4v) is 9.26. The number of hydrogen-bond donors (Lipinski definition) is 0. The molecule has 12 rings (SSSR count). The Kier molecular flexibility index (Phi) is 53.2. The molecule has 0 aromatic carbocycles. The van der Waals surface area contributed by atoms with Crippen molar-refractivity contribution in [2.75, 3.05) is 0 Å². The zero-order valence-electron chi connectivity index (χ0n) is 74.2. The molecule has 0 saturated carbocycles. The molecule has 20 heteroatoms. The molecule has 0 unspecified atom stereocenters. The number of nitrogens with zero attached hydrogens (tertiary/aromatic N) is 16. The smallest absolute Gasteiger partial charge is 0.195 e. The summed E-state index contributed by atoms with van der Waals surface area (Å²) < 4.78 is 2.53. The highest BCUT2D eigenvalue weighted by molar-refractivity contribution is 5.92. The molecule has 622 valence electrons. The number of rotatable bonds is 14. The first kappa shape index (κ1) is 103. The number of Topliss-reactive ketones (excluding diaryl/α,β-unsaturated/α-hetero) is 1. The lowest BCUT2D eigenvalue weighted by Crippen LogP contribution is -2.31. The molecule has 0 amide bonds. The molecule has 0 N–H and O–H groups in total. The van der Waals surface area contributed by atoms with Crippen molar-refractivity contribution < 1.29 is 19.0 Å². The van der Waals surface area contributed by atoms with Crippen LogP contribution in [0, 0.1) is 15.6 Å². The summed E-state index contributed by atoms with van der Waals surface area (Å²) >= 11 is 0. The number of carbonyl (C=O) groups excluding carboxylic acids is 1. The van der Waals surface area contributed by atoms with Crippen LogP contribution in [-0.4, -0.2) is 71.0 Å².